The van der Waals surface area contributed by atoms with Crippen molar-refractivity contribution in [3.05, 3.63) is 30.3 Å². The van der Waals surface area contributed by atoms with E-state index in [1.54, 1.807) is 0 Å². The summed E-state index contributed by atoms with van der Waals surface area (Å²) in [5.74, 6) is 1.53. The number of aliphatic imine (C=N–C) groups is 1. The van der Waals surface area contributed by atoms with Crippen molar-refractivity contribution in [2.24, 2.45) is 4.99 Å². The highest BCUT2D eigenvalue weighted by Gasteiger charge is 2.22. The third-order valence-electron chi connectivity index (χ3n) is 3.29. The van der Waals surface area contributed by atoms with Gasteiger partial charge in [-0.25, -0.2) is 4.99 Å². The van der Waals surface area contributed by atoms with Gasteiger partial charge in [-0.1, -0.05) is 18.2 Å². The van der Waals surface area contributed by atoms with Crippen molar-refractivity contribution in [3.63, 3.8) is 0 Å². The van der Waals surface area contributed by atoms with Gasteiger partial charge in [-0.05, 0) is 38.3 Å². The predicted molar refractivity (Wildman–Crippen MR) is 107 cm³/mol. The van der Waals surface area contributed by atoms with Crippen LogP contribution in [0.15, 0.2) is 35.3 Å². The molecule has 24 heavy (non-hydrogen) atoms. The summed E-state index contributed by atoms with van der Waals surface area (Å²) in [4.78, 5) is 15.9. The molecule has 0 aromatic heterocycles. The fourth-order valence-corrected chi connectivity index (χ4v) is 1.98. The molecule has 0 heterocycles. The highest BCUT2D eigenvalue weighted by atomic mass is 127. The molecule has 0 saturated heterocycles. The zero-order valence-corrected chi connectivity index (χ0v) is 16.4. The Balaban J connectivity index is 0.00000288. The predicted octanol–water partition coefficient (Wildman–Crippen LogP) is 1.91. The SMILES string of the molecule is CCNC(=NCC(=O)NC1CC1)NCCCOc1ccccc1.I. The normalized spacial score (nSPS) is 13.6. The van der Waals surface area contributed by atoms with Crippen molar-refractivity contribution in [1.29, 1.82) is 0 Å². The molecule has 0 spiro atoms. The third kappa shape index (κ3) is 8.95. The van der Waals surface area contributed by atoms with Gasteiger partial charge in [0.05, 0.1) is 6.61 Å². The Morgan fingerprint density at radius 2 is 2.00 bits per heavy atom. The number of rotatable bonds is 9. The van der Waals surface area contributed by atoms with Crippen molar-refractivity contribution >= 4 is 35.8 Å². The molecule has 1 fully saturated rings. The van der Waals surface area contributed by atoms with E-state index in [0.29, 0.717) is 18.6 Å². The van der Waals surface area contributed by atoms with Crippen molar-refractivity contribution in [2.75, 3.05) is 26.2 Å². The summed E-state index contributed by atoms with van der Waals surface area (Å²) in [5.41, 5.74) is 0. The number of carbonyl (C=O) groups excluding carboxylic acids is 1. The average molecular weight is 446 g/mol. The van der Waals surface area contributed by atoms with Gasteiger partial charge in [-0.15, -0.1) is 24.0 Å². The number of halogens is 1. The van der Waals surface area contributed by atoms with E-state index in [1.807, 2.05) is 37.3 Å². The van der Waals surface area contributed by atoms with Crippen LogP contribution in [0, 0.1) is 0 Å². The third-order valence-corrected chi connectivity index (χ3v) is 3.29. The van der Waals surface area contributed by atoms with E-state index in [0.717, 1.165) is 38.1 Å². The highest BCUT2D eigenvalue weighted by molar-refractivity contribution is 14.0. The second-order valence-electron chi connectivity index (χ2n) is 5.48. The van der Waals surface area contributed by atoms with Gasteiger partial charge in [0.2, 0.25) is 5.91 Å². The molecule has 7 heteroatoms. The standard InChI is InChI=1S/C17H26N4O2.HI/c1-2-18-17(20-13-16(22)21-14-9-10-14)19-11-6-12-23-15-7-4-3-5-8-15;/h3-5,7-8,14H,2,6,9-13H2,1H3,(H,21,22)(H2,18,19,20);1H. The molecule has 0 radical (unpaired) electrons. The van der Waals surface area contributed by atoms with Crippen molar-refractivity contribution in [1.82, 2.24) is 16.0 Å². The Bertz CT molecular complexity index is 507. The van der Waals surface area contributed by atoms with Gasteiger partial charge in [0.25, 0.3) is 0 Å². The van der Waals surface area contributed by atoms with E-state index in [9.17, 15) is 4.79 Å². The van der Waals surface area contributed by atoms with Gasteiger partial charge in [0.15, 0.2) is 5.96 Å². The van der Waals surface area contributed by atoms with Gasteiger partial charge >= 0.3 is 0 Å². The lowest BCUT2D eigenvalue weighted by Gasteiger charge is -2.11. The Hall–Kier alpha value is -1.51. The molecule has 0 unspecified atom stereocenters. The summed E-state index contributed by atoms with van der Waals surface area (Å²) < 4.78 is 5.63. The molecule has 2 rings (SSSR count). The number of carbonyl (C=O) groups is 1. The molecule has 1 aliphatic rings. The molecule has 6 nitrogen and oxygen atoms in total. The summed E-state index contributed by atoms with van der Waals surface area (Å²) in [5, 5.41) is 9.27. The molecule has 1 saturated carbocycles. The Labute approximate surface area is 160 Å². The molecular formula is C17H27IN4O2. The number of amides is 1. The van der Waals surface area contributed by atoms with E-state index < -0.39 is 0 Å². The molecule has 134 valence electrons. The second-order valence-corrected chi connectivity index (χ2v) is 5.48. The largest absolute Gasteiger partial charge is 0.494 e. The van der Waals surface area contributed by atoms with E-state index in [4.69, 9.17) is 4.74 Å². The number of guanidine groups is 1. The molecule has 1 amide bonds. The lowest BCUT2D eigenvalue weighted by molar-refractivity contribution is -0.119. The van der Waals surface area contributed by atoms with Gasteiger partial charge in [-0.3, -0.25) is 4.79 Å². The quantitative estimate of drug-likeness (QED) is 0.235. The zero-order valence-electron chi connectivity index (χ0n) is 14.1. The monoisotopic (exact) mass is 446 g/mol. The molecule has 0 atom stereocenters. The van der Waals surface area contributed by atoms with Crippen LogP contribution in [0.4, 0.5) is 0 Å². The number of hydrogen-bond acceptors (Lipinski definition) is 3. The van der Waals surface area contributed by atoms with Crippen LogP contribution >= 0.6 is 24.0 Å². The topological polar surface area (TPSA) is 74.8 Å². The minimum Gasteiger partial charge on any atom is -0.494 e. The van der Waals surface area contributed by atoms with E-state index in [-0.39, 0.29) is 36.4 Å². The summed E-state index contributed by atoms with van der Waals surface area (Å²) >= 11 is 0. The first-order chi connectivity index (χ1) is 11.3. The van der Waals surface area contributed by atoms with Crippen LogP contribution in [0.25, 0.3) is 0 Å². The van der Waals surface area contributed by atoms with Gasteiger partial charge in [0.1, 0.15) is 12.3 Å². The summed E-state index contributed by atoms with van der Waals surface area (Å²) in [7, 11) is 0. The molecule has 0 aliphatic heterocycles. The van der Waals surface area contributed by atoms with Crippen LogP contribution in [0.3, 0.4) is 0 Å². The smallest absolute Gasteiger partial charge is 0.242 e. The molecular weight excluding hydrogens is 419 g/mol. The Morgan fingerprint density at radius 1 is 1.25 bits per heavy atom. The Kier molecular flexibility index (Phi) is 10.2. The first-order valence-corrected chi connectivity index (χ1v) is 8.27. The lowest BCUT2D eigenvalue weighted by Crippen LogP contribution is -2.39. The summed E-state index contributed by atoms with van der Waals surface area (Å²) in [6.45, 7) is 4.30. The highest BCUT2D eigenvalue weighted by Crippen LogP contribution is 2.18. The van der Waals surface area contributed by atoms with Crippen LogP contribution in [-0.2, 0) is 4.79 Å². The fourth-order valence-electron chi connectivity index (χ4n) is 1.98. The van der Waals surface area contributed by atoms with Crippen LogP contribution in [0.5, 0.6) is 5.75 Å². The van der Waals surface area contributed by atoms with Crippen molar-refractivity contribution < 1.29 is 9.53 Å². The van der Waals surface area contributed by atoms with Gasteiger partial charge in [-0.2, -0.15) is 0 Å². The van der Waals surface area contributed by atoms with Gasteiger partial charge < -0.3 is 20.7 Å². The minimum atomic E-state index is -0.0166. The maximum absolute atomic E-state index is 11.6. The fraction of sp³-hybridized carbons (Fsp3) is 0.529. The average Bonchev–Trinajstić information content (AvgIpc) is 3.37. The minimum absolute atomic E-state index is 0. The number of nitrogens with one attached hydrogen (secondary N) is 3. The van der Waals surface area contributed by atoms with E-state index >= 15 is 0 Å². The van der Waals surface area contributed by atoms with Crippen LogP contribution < -0.4 is 20.7 Å². The van der Waals surface area contributed by atoms with Crippen LogP contribution in [0.2, 0.25) is 0 Å². The zero-order chi connectivity index (χ0) is 16.3. The van der Waals surface area contributed by atoms with Crippen LogP contribution in [0.1, 0.15) is 26.2 Å². The lowest BCUT2D eigenvalue weighted by atomic mass is 10.3. The van der Waals surface area contributed by atoms with E-state index in [2.05, 4.69) is 20.9 Å². The summed E-state index contributed by atoms with van der Waals surface area (Å²) in [6, 6.07) is 10.1. The second kappa shape index (κ2) is 11.9. The van der Waals surface area contributed by atoms with E-state index in [1.165, 1.54) is 0 Å². The maximum atomic E-state index is 11.6. The maximum Gasteiger partial charge on any atom is 0.242 e. The first kappa shape index (κ1) is 20.5. The van der Waals surface area contributed by atoms with Crippen molar-refractivity contribution in [3.8, 4) is 5.75 Å². The molecule has 1 aromatic carbocycles. The number of hydrogen-bond donors (Lipinski definition) is 3. The molecule has 1 aromatic rings. The summed E-state index contributed by atoms with van der Waals surface area (Å²) in [6.07, 6.45) is 3.04. The molecule has 1 aliphatic carbocycles. The van der Waals surface area contributed by atoms with Gasteiger partial charge in [0, 0.05) is 19.1 Å². The number of para-hydroxylation sites is 1. The first-order valence-electron chi connectivity index (χ1n) is 8.27. The molecule has 3 N–H and O–H groups in total. The van der Waals surface area contributed by atoms with Crippen molar-refractivity contribution in [2.45, 2.75) is 32.2 Å². The Morgan fingerprint density at radius 3 is 2.67 bits per heavy atom. The number of ether oxygens (including phenoxy) is 1. The number of benzene rings is 1. The molecule has 0 bridgehead atoms. The van der Waals surface area contributed by atoms with Crippen LogP contribution in [-0.4, -0.2) is 44.1 Å². The number of nitrogens with zero attached hydrogens (tertiary/aromatic N) is 1.